The minimum atomic E-state index is 0.0377. The van der Waals surface area contributed by atoms with Gasteiger partial charge in [0.2, 0.25) is 0 Å². The van der Waals surface area contributed by atoms with Crippen molar-refractivity contribution in [3.63, 3.8) is 0 Å². The first kappa shape index (κ1) is 7.94. The quantitative estimate of drug-likeness (QED) is 0.543. The molecular weight excluding hydrogens is 166 g/mol. The Hall–Kier alpha value is -1.16. The summed E-state index contributed by atoms with van der Waals surface area (Å²) in [6.45, 7) is 0.0377. The Balaban J connectivity index is 2.98. The molecule has 4 nitrogen and oxygen atoms in total. The van der Waals surface area contributed by atoms with Crippen LogP contribution in [0.5, 0.6) is 0 Å². The molecule has 0 aliphatic heterocycles. The van der Waals surface area contributed by atoms with E-state index in [2.05, 4.69) is 10.2 Å². The van der Waals surface area contributed by atoms with Gasteiger partial charge in [0.25, 0.3) is 0 Å². The average molecular weight is 172 g/mol. The number of rotatable bonds is 2. The molecule has 11 heavy (non-hydrogen) atoms. The maximum atomic E-state index is 9.85. The normalized spacial score (nSPS) is 9.55. The molecule has 0 saturated carbocycles. The van der Waals surface area contributed by atoms with Crippen molar-refractivity contribution in [2.45, 2.75) is 6.54 Å². The van der Waals surface area contributed by atoms with Gasteiger partial charge in [-0.15, -0.1) is 0 Å². The smallest absolute Gasteiger partial charge is 0.131 e. The summed E-state index contributed by atoms with van der Waals surface area (Å²) < 4.78 is 0. The number of nitrogen functional groups attached to an aromatic ring is 1. The van der Waals surface area contributed by atoms with Crippen LogP contribution in [0, 0.1) is 4.91 Å². The molecule has 0 aliphatic rings. The number of nitrogens with zero attached hydrogens (tertiary/aromatic N) is 2. The zero-order chi connectivity index (χ0) is 8.27. The van der Waals surface area contributed by atoms with E-state index in [4.69, 9.17) is 17.3 Å². The largest absolute Gasteiger partial charge is 0.383 e. The van der Waals surface area contributed by atoms with E-state index >= 15 is 0 Å². The van der Waals surface area contributed by atoms with Crippen LogP contribution in [0.3, 0.4) is 0 Å². The van der Waals surface area contributed by atoms with Crippen LogP contribution < -0.4 is 5.73 Å². The van der Waals surface area contributed by atoms with Crippen LogP contribution in [0.25, 0.3) is 0 Å². The van der Waals surface area contributed by atoms with E-state index in [0.717, 1.165) is 0 Å². The first-order valence-corrected chi connectivity index (χ1v) is 3.32. The minimum absolute atomic E-state index is 0.0377. The molecule has 0 spiro atoms. The van der Waals surface area contributed by atoms with Gasteiger partial charge < -0.3 is 5.73 Å². The summed E-state index contributed by atoms with van der Waals surface area (Å²) in [6.07, 6.45) is 0. The Morgan fingerprint density at radius 1 is 1.64 bits per heavy atom. The maximum Gasteiger partial charge on any atom is 0.131 e. The van der Waals surface area contributed by atoms with E-state index in [1.165, 1.54) is 0 Å². The van der Waals surface area contributed by atoms with Crippen LogP contribution in [0.1, 0.15) is 5.56 Å². The number of hydrogen-bond donors (Lipinski definition) is 1. The highest BCUT2D eigenvalue weighted by atomic mass is 35.5. The van der Waals surface area contributed by atoms with Gasteiger partial charge in [-0.2, -0.15) is 4.91 Å². The van der Waals surface area contributed by atoms with E-state index in [9.17, 15) is 4.91 Å². The lowest BCUT2D eigenvalue weighted by Crippen LogP contribution is -1.96. The number of aromatic nitrogens is 1. The Bertz CT molecular complexity index is 277. The van der Waals surface area contributed by atoms with Crippen molar-refractivity contribution in [2.75, 3.05) is 5.73 Å². The molecular formula is C6H6ClN3O. The number of hydrogen-bond acceptors (Lipinski definition) is 4. The van der Waals surface area contributed by atoms with E-state index in [1.54, 1.807) is 12.1 Å². The van der Waals surface area contributed by atoms with Crippen molar-refractivity contribution in [1.29, 1.82) is 0 Å². The monoisotopic (exact) mass is 171 g/mol. The van der Waals surface area contributed by atoms with Gasteiger partial charge in [0.1, 0.15) is 17.5 Å². The predicted molar refractivity (Wildman–Crippen MR) is 43.2 cm³/mol. The lowest BCUT2D eigenvalue weighted by molar-refractivity contribution is 1.04. The minimum Gasteiger partial charge on any atom is -0.383 e. The molecule has 0 aromatic carbocycles. The summed E-state index contributed by atoms with van der Waals surface area (Å²) in [7, 11) is 0. The van der Waals surface area contributed by atoms with Crippen LogP contribution in [0.4, 0.5) is 5.82 Å². The second kappa shape index (κ2) is 3.30. The topological polar surface area (TPSA) is 68.3 Å². The van der Waals surface area contributed by atoms with Crippen molar-refractivity contribution >= 4 is 17.4 Å². The van der Waals surface area contributed by atoms with Crippen molar-refractivity contribution in [3.8, 4) is 0 Å². The molecule has 58 valence electrons. The molecule has 1 aromatic rings. The van der Waals surface area contributed by atoms with Crippen molar-refractivity contribution in [3.05, 3.63) is 27.8 Å². The molecule has 1 aromatic heterocycles. The third-order valence-electron chi connectivity index (χ3n) is 1.21. The lowest BCUT2D eigenvalue weighted by atomic mass is 10.2. The van der Waals surface area contributed by atoms with Gasteiger partial charge in [0.05, 0.1) is 0 Å². The number of halogens is 1. The fourth-order valence-corrected chi connectivity index (χ4v) is 0.836. The summed E-state index contributed by atoms with van der Waals surface area (Å²) in [6, 6.07) is 3.20. The second-order valence-electron chi connectivity index (χ2n) is 1.97. The molecule has 0 amide bonds. The number of pyridine rings is 1. The molecule has 0 unspecified atom stereocenters. The molecule has 5 heteroatoms. The summed E-state index contributed by atoms with van der Waals surface area (Å²) >= 11 is 5.52. The third-order valence-corrected chi connectivity index (χ3v) is 1.42. The van der Waals surface area contributed by atoms with E-state index in [0.29, 0.717) is 10.7 Å². The molecule has 0 saturated heterocycles. The molecule has 1 heterocycles. The van der Waals surface area contributed by atoms with E-state index in [-0.39, 0.29) is 12.4 Å². The molecule has 0 atom stereocenters. The molecule has 1 rings (SSSR count). The first-order chi connectivity index (χ1) is 5.24. The van der Waals surface area contributed by atoms with Gasteiger partial charge in [-0.25, -0.2) is 4.98 Å². The highest BCUT2D eigenvalue weighted by molar-refractivity contribution is 6.29. The highest BCUT2D eigenvalue weighted by Crippen LogP contribution is 2.13. The molecule has 0 fully saturated rings. The molecule has 0 radical (unpaired) electrons. The fourth-order valence-electron chi connectivity index (χ4n) is 0.682. The molecule has 0 aliphatic carbocycles. The van der Waals surface area contributed by atoms with Crippen molar-refractivity contribution in [2.24, 2.45) is 5.18 Å². The molecule has 0 bridgehead atoms. The summed E-state index contributed by atoms with van der Waals surface area (Å²) in [5, 5.41) is 3.00. The van der Waals surface area contributed by atoms with Gasteiger partial charge in [0, 0.05) is 5.56 Å². The SMILES string of the molecule is Nc1nc(Cl)ccc1CN=O. The van der Waals surface area contributed by atoms with Crippen LogP contribution >= 0.6 is 11.6 Å². The zero-order valence-corrected chi connectivity index (χ0v) is 6.38. The van der Waals surface area contributed by atoms with E-state index in [1.807, 2.05) is 0 Å². The number of nitroso groups, excluding NO2 is 1. The Morgan fingerprint density at radius 2 is 2.36 bits per heavy atom. The van der Waals surface area contributed by atoms with Crippen LogP contribution in [0.2, 0.25) is 5.15 Å². The van der Waals surface area contributed by atoms with Gasteiger partial charge in [-0.3, -0.25) is 0 Å². The van der Waals surface area contributed by atoms with Crippen LogP contribution in [-0.4, -0.2) is 4.98 Å². The van der Waals surface area contributed by atoms with Gasteiger partial charge in [0.15, 0.2) is 0 Å². The predicted octanol–water partition coefficient (Wildman–Crippen LogP) is 1.58. The van der Waals surface area contributed by atoms with Gasteiger partial charge in [-0.05, 0) is 6.07 Å². The fraction of sp³-hybridized carbons (Fsp3) is 0.167. The Labute approximate surface area is 68.4 Å². The lowest BCUT2D eigenvalue weighted by Gasteiger charge is -1.98. The highest BCUT2D eigenvalue weighted by Gasteiger charge is 1.99. The molecule has 2 N–H and O–H groups in total. The van der Waals surface area contributed by atoms with Crippen LogP contribution in [-0.2, 0) is 6.54 Å². The zero-order valence-electron chi connectivity index (χ0n) is 5.62. The van der Waals surface area contributed by atoms with Gasteiger partial charge >= 0.3 is 0 Å². The van der Waals surface area contributed by atoms with Gasteiger partial charge in [-0.1, -0.05) is 22.8 Å². The van der Waals surface area contributed by atoms with Crippen molar-refractivity contribution < 1.29 is 0 Å². The van der Waals surface area contributed by atoms with Crippen molar-refractivity contribution in [1.82, 2.24) is 4.98 Å². The summed E-state index contributed by atoms with van der Waals surface area (Å²) in [5.41, 5.74) is 6.01. The Kier molecular flexibility index (Phi) is 2.38. The maximum absolute atomic E-state index is 9.85. The summed E-state index contributed by atoms with van der Waals surface area (Å²) in [5.74, 6) is 0.261. The standard InChI is InChI=1S/C6H6ClN3O/c7-5-2-1-4(3-9-11)6(8)10-5/h1-2H,3H2,(H2,8,10). The average Bonchev–Trinajstić information content (AvgIpc) is 1.95. The number of anilines is 1. The van der Waals surface area contributed by atoms with Crippen LogP contribution in [0.15, 0.2) is 17.3 Å². The Morgan fingerprint density at radius 3 is 2.91 bits per heavy atom. The van der Waals surface area contributed by atoms with E-state index < -0.39 is 0 Å². The number of nitrogens with two attached hydrogens (primary N) is 1. The second-order valence-corrected chi connectivity index (χ2v) is 2.35. The third kappa shape index (κ3) is 1.88. The summed E-state index contributed by atoms with van der Waals surface area (Å²) in [4.78, 5) is 13.6. The first-order valence-electron chi connectivity index (χ1n) is 2.94.